The first-order chi connectivity index (χ1) is 17.5. The Morgan fingerprint density at radius 2 is 1.84 bits per heavy atom. The van der Waals surface area contributed by atoms with Gasteiger partial charge in [0.05, 0.1) is 33.4 Å². The molecule has 0 aromatic heterocycles. The van der Waals surface area contributed by atoms with Gasteiger partial charge in [-0.15, -0.1) is 0 Å². The zero-order valence-corrected chi connectivity index (χ0v) is 24.1. The molecule has 1 amide bonds. The first-order valence-corrected chi connectivity index (χ1v) is 12.6. The number of carboxylic acid groups (broad SMARTS) is 1. The first-order valence-electron chi connectivity index (χ1n) is 10.4. The maximum atomic E-state index is 12.9. The molecule has 1 aliphatic rings. The quantitative estimate of drug-likeness (QED) is 0.315. The molecule has 190 valence electrons. The largest absolute Gasteiger partial charge is 1.00 e. The molecule has 38 heavy (non-hydrogen) atoms. The van der Waals surface area contributed by atoms with E-state index in [0.29, 0.717) is 16.4 Å². The Balaban J connectivity index is 0.00000400. The monoisotopic (exact) mass is 583 g/mol. The summed E-state index contributed by atoms with van der Waals surface area (Å²) < 4.78 is 27.8. The van der Waals surface area contributed by atoms with Crippen LogP contribution < -0.4 is 44.4 Å². The first kappa shape index (κ1) is 29.6. The Hall–Kier alpha value is -3.00. The van der Waals surface area contributed by atoms with E-state index in [1.54, 1.807) is 31.2 Å². The summed E-state index contributed by atoms with van der Waals surface area (Å²) >= 11 is 12.1. The Bertz CT molecular complexity index is 1600. The van der Waals surface area contributed by atoms with Gasteiger partial charge >= 0.3 is 35.5 Å². The van der Waals surface area contributed by atoms with Gasteiger partial charge < -0.3 is 10.2 Å². The molecule has 0 spiro atoms. The number of azo groups is 1. The topological polar surface area (TPSA) is 164 Å². The van der Waals surface area contributed by atoms with E-state index >= 15 is 0 Å². The van der Waals surface area contributed by atoms with Gasteiger partial charge in [0.15, 0.2) is 6.04 Å². The van der Waals surface area contributed by atoms with Crippen molar-refractivity contribution < 1.29 is 57.8 Å². The van der Waals surface area contributed by atoms with Crippen molar-refractivity contribution in [2.75, 3.05) is 9.73 Å². The van der Waals surface area contributed by atoms with Crippen molar-refractivity contribution in [1.82, 2.24) is 0 Å². The average Bonchev–Trinajstić information content (AvgIpc) is 3.12. The number of aromatic carboxylic acids is 1. The van der Waals surface area contributed by atoms with Crippen molar-refractivity contribution in [3.05, 3.63) is 76.3 Å². The van der Waals surface area contributed by atoms with Crippen LogP contribution in [0.4, 0.5) is 17.1 Å². The minimum atomic E-state index is -4.44. The molecule has 1 heterocycles. The molecular formula is C23H16Cl2N5NaO6S. The molecule has 3 aromatic carbocycles. The molecule has 1 unspecified atom stereocenters. The van der Waals surface area contributed by atoms with E-state index in [0.717, 1.165) is 17.1 Å². The van der Waals surface area contributed by atoms with Gasteiger partial charge in [0.2, 0.25) is 0 Å². The van der Waals surface area contributed by atoms with E-state index in [4.69, 9.17) is 23.2 Å². The van der Waals surface area contributed by atoms with Crippen molar-refractivity contribution in [2.24, 2.45) is 15.3 Å². The fourth-order valence-electron chi connectivity index (χ4n) is 3.37. The number of hydrogen-bond acceptors (Lipinski definition) is 8. The number of sulfonamides is 1. The van der Waals surface area contributed by atoms with E-state index < -0.39 is 38.6 Å². The normalized spacial score (nSPS) is 15.3. The minimum absolute atomic E-state index is 0. The van der Waals surface area contributed by atoms with Gasteiger partial charge in [0.25, 0.3) is 15.9 Å². The van der Waals surface area contributed by atoms with Crippen molar-refractivity contribution >= 4 is 67.9 Å². The van der Waals surface area contributed by atoms with Crippen LogP contribution in [-0.2, 0) is 14.8 Å². The van der Waals surface area contributed by atoms with Gasteiger partial charge in [-0.2, -0.15) is 20.3 Å². The summed E-state index contributed by atoms with van der Waals surface area (Å²) in [5, 5.41) is 35.0. The van der Waals surface area contributed by atoms with Crippen molar-refractivity contribution in [1.29, 1.82) is 0 Å². The summed E-state index contributed by atoms with van der Waals surface area (Å²) in [5.74, 6) is -2.71. The Labute approximate surface area is 249 Å². The number of para-hydroxylation sites is 1. The zero-order chi connectivity index (χ0) is 26.9. The number of amides is 1. The third-order valence-electron chi connectivity index (χ3n) is 5.13. The van der Waals surface area contributed by atoms with Gasteiger partial charge in [-0.25, -0.2) is 13.2 Å². The van der Waals surface area contributed by atoms with E-state index in [-0.39, 0.29) is 51.5 Å². The van der Waals surface area contributed by atoms with Crippen molar-refractivity contribution in [3.8, 4) is 5.75 Å². The fourth-order valence-corrected chi connectivity index (χ4v) is 5.17. The standard InChI is InChI=1S/C23H17Cl2N5O6S.Na/c1-12-21(22(32)30(28-12)14-6-4-5-13(24)9-14)27-26-18-10-16(25)20(11-19(18)31)37(35,36)29-17-8-3-2-7-15(17)23(33)34;/h2-11,21,29,31H,1H3,(H,33,34);/q;+1/p-1. The van der Waals surface area contributed by atoms with E-state index in [1.807, 2.05) is 0 Å². The molecule has 0 bridgehead atoms. The van der Waals surface area contributed by atoms with Crippen molar-refractivity contribution in [2.45, 2.75) is 17.9 Å². The molecule has 0 radical (unpaired) electrons. The van der Waals surface area contributed by atoms with Gasteiger partial charge in [0.1, 0.15) is 4.90 Å². The van der Waals surface area contributed by atoms with Crippen LogP contribution in [0.3, 0.4) is 0 Å². The smallest absolute Gasteiger partial charge is 0.871 e. The summed E-state index contributed by atoms with van der Waals surface area (Å²) in [6.45, 7) is 1.56. The number of anilines is 2. The molecule has 1 aliphatic heterocycles. The molecule has 3 aromatic rings. The SMILES string of the molecule is CC1=NN(c2cccc(Cl)c2)C(=O)C1N=Nc1cc(Cl)c(S(=O)(=O)Nc2ccccc2C(=O)O)cc1[O-].[Na+]. The van der Waals surface area contributed by atoms with E-state index in [2.05, 4.69) is 20.1 Å². The van der Waals surface area contributed by atoms with Crippen LogP contribution in [0.15, 0.2) is 80.9 Å². The summed E-state index contributed by atoms with van der Waals surface area (Å²) in [6.07, 6.45) is 0. The second-order valence-electron chi connectivity index (χ2n) is 7.70. The maximum Gasteiger partial charge on any atom is 1.00 e. The molecule has 4 rings (SSSR count). The number of rotatable bonds is 7. The van der Waals surface area contributed by atoms with Crippen LogP contribution in [0.25, 0.3) is 0 Å². The molecule has 2 N–H and O–H groups in total. The molecule has 1 atom stereocenters. The van der Waals surface area contributed by atoms with Crippen LogP contribution >= 0.6 is 23.2 Å². The van der Waals surface area contributed by atoms with Gasteiger partial charge in [-0.3, -0.25) is 9.52 Å². The van der Waals surface area contributed by atoms with Crippen LogP contribution in [0, 0.1) is 0 Å². The number of hydrazone groups is 1. The number of hydrogen-bond donors (Lipinski definition) is 2. The Morgan fingerprint density at radius 1 is 1.13 bits per heavy atom. The van der Waals surface area contributed by atoms with Crippen molar-refractivity contribution in [3.63, 3.8) is 0 Å². The number of nitrogens with one attached hydrogen (secondary N) is 1. The average molecular weight is 584 g/mol. The number of carbonyl (C=O) groups is 2. The number of benzene rings is 3. The second-order valence-corrected chi connectivity index (χ2v) is 10.2. The van der Waals surface area contributed by atoms with Crippen LogP contribution in [-0.4, -0.2) is 37.2 Å². The molecular weight excluding hydrogens is 568 g/mol. The van der Waals surface area contributed by atoms with Gasteiger partial charge in [0, 0.05) is 5.02 Å². The third kappa shape index (κ3) is 6.17. The molecule has 0 saturated carbocycles. The molecule has 0 saturated heterocycles. The molecule has 11 nitrogen and oxygen atoms in total. The van der Waals surface area contributed by atoms with E-state index in [9.17, 15) is 28.2 Å². The van der Waals surface area contributed by atoms with E-state index in [1.165, 1.54) is 24.3 Å². The Kier molecular flexibility index (Phi) is 9.18. The predicted molar refractivity (Wildman–Crippen MR) is 135 cm³/mol. The third-order valence-corrected chi connectivity index (χ3v) is 7.20. The number of nitrogens with zero attached hydrogens (tertiary/aromatic N) is 4. The Morgan fingerprint density at radius 3 is 2.53 bits per heavy atom. The second kappa shape index (κ2) is 11.8. The van der Waals surface area contributed by atoms with Crippen LogP contribution in [0.1, 0.15) is 17.3 Å². The predicted octanol–water partition coefficient (Wildman–Crippen LogP) is 1.44. The number of halogens is 2. The summed E-state index contributed by atoms with van der Waals surface area (Å²) in [4.78, 5) is 23.6. The minimum Gasteiger partial charge on any atom is -0.871 e. The van der Waals surface area contributed by atoms with Gasteiger partial charge in [-0.1, -0.05) is 47.2 Å². The van der Waals surface area contributed by atoms with Gasteiger partial charge in [-0.05, 0) is 49.4 Å². The zero-order valence-electron chi connectivity index (χ0n) is 19.8. The van der Waals surface area contributed by atoms with Crippen LogP contribution in [0.5, 0.6) is 5.75 Å². The number of carbonyl (C=O) groups excluding carboxylic acids is 1. The maximum absolute atomic E-state index is 12.9. The molecule has 0 fully saturated rings. The summed E-state index contributed by atoms with van der Waals surface area (Å²) in [5.41, 5.74) is -0.0702. The summed E-state index contributed by atoms with van der Waals surface area (Å²) in [7, 11) is -4.44. The number of carboxylic acids is 1. The van der Waals surface area contributed by atoms with Crippen LogP contribution in [0.2, 0.25) is 10.0 Å². The fraction of sp³-hybridized carbons (Fsp3) is 0.0870. The molecule has 0 aliphatic carbocycles. The summed E-state index contributed by atoms with van der Waals surface area (Å²) in [6, 6.07) is 12.4. The molecule has 15 heteroatoms.